The monoisotopic (exact) mass is 327 g/mol. The van der Waals surface area contributed by atoms with E-state index in [1.807, 2.05) is 0 Å². The Morgan fingerprint density at radius 1 is 1.11 bits per heavy atom. The van der Waals surface area contributed by atoms with Crippen molar-refractivity contribution in [1.29, 1.82) is 0 Å². The first-order valence-corrected chi connectivity index (χ1v) is 7.08. The van der Waals surface area contributed by atoms with Gasteiger partial charge >= 0.3 is 29.6 Å². The Kier molecular flexibility index (Phi) is 21.8. The van der Waals surface area contributed by atoms with Crippen LogP contribution in [0.25, 0.3) is 0 Å². The topological polar surface area (TPSA) is 57.2 Å². The molecule has 0 aromatic carbocycles. The van der Waals surface area contributed by atoms with Gasteiger partial charge in [0.25, 0.3) is 0 Å². The molecule has 0 bridgehead atoms. The van der Waals surface area contributed by atoms with Gasteiger partial charge in [-0.15, -0.1) is 0 Å². The number of nitrogens with zero attached hydrogens (tertiary/aromatic N) is 1. The molecule has 0 aliphatic rings. The van der Waals surface area contributed by atoms with Crippen molar-refractivity contribution in [1.82, 2.24) is 0 Å². The van der Waals surface area contributed by atoms with Gasteiger partial charge in [0.1, 0.15) is 0 Å². The van der Waals surface area contributed by atoms with Crippen molar-refractivity contribution < 1.29 is 59.4 Å². The van der Waals surface area contributed by atoms with Gasteiger partial charge in [-0.25, -0.2) is 8.42 Å². The Morgan fingerprint density at radius 2 is 1.42 bits per heavy atom. The molecule has 0 rings (SSSR count). The maximum absolute atomic E-state index is 10.1. The molecule has 0 saturated carbocycles. The van der Waals surface area contributed by atoms with E-state index in [2.05, 4.69) is 28.1 Å². The first kappa shape index (κ1) is 32.2. The molecule has 0 fully saturated rings. The normalized spacial score (nSPS) is 10.9. The smallest absolute Gasteiger partial charge is 1.00 e. The number of quaternary nitrogens is 1. The zero-order chi connectivity index (χ0) is 13.6. The average Bonchev–Trinajstić information content (AvgIpc) is 1.73. The molecule has 0 heterocycles. The molecular formula is C12H31ClNNaO3S. The van der Waals surface area contributed by atoms with Crippen LogP contribution in [0.15, 0.2) is 0 Å². The third kappa shape index (κ3) is 45.3. The van der Waals surface area contributed by atoms with Crippen LogP contribution in [0.2, 0.25) is 0 Å². The minimum atomic E-state index is -4.03. The van der Waals surface area contributed by atoms with Crippen LogP contribution >= 0.6 is 0 Å². The van der Waals surface area contributed by atoms with E-state index < -0.39 is 15.5 Å². The number of hydrogen-bond donors (Lipinski definition) is 0. The van der Waals surface area contributed by atoms with Gasteiger partial charge in [0.15, 0.2) is 0 Å². The number of hydrogen-bond acceptors (Lipinski definition) is 3. The van der Waals surface area contributed by atoms with Crippen LogP contribution in [0.3, 0.4) is 0 Å². The summed E-state index contributed by atoms with van der Waals surface area (Å²) in [6.07, 6.45) is 1.28. The maximum atomic E-state index is 10.1. The zero-order valence-electron chi connectivity index (χ0n) is 13.1. The molecular weight excluding hydrogens is 297 g/mol. The SMILES string of the molecule is C.CC(C)(C)CS(=O)(=O)[O-].CCC[N+](C)(C)C.[Cl-].[Na+]. The second kappa shape index (κ2) is 12.9. The fourth-order valence-corrected chi connectivity index (χ4v) is 2.26. The van der Waals surface area contributed by atoms with Crippen molar-refractivity contribution in [3.8, 4) is 0 Å². The maximum Gasteiger partial charge on any atom is 1.00 e. The fourth-order valence-electron chi connectivity index (χ4n) is 1.20. The van der Waals surface area contributed by atoms with Gasteiger partial charge in [0.05, 0.1) is 37.8 Å². The van der Waals surface area contributed by atoms with Crippen LogP contribution in [0.1, 0.15) is 41.5 Å². The van der Waals surface area contributed by atoms with Crippen molar-refractivity contribution in [2.24, 2.45) is 5.41 Å². The number of rotatable bonds is 3. The van der Waals surface area contributed by atoms with Crippen LogP contribution in [0.4, 0.5) is 0 Å². The van der Waals surface area contributed by atoms with Crippen molar-refractivity contribution in [3.63, 3.8) is 0 Å². The summed E-state index contributed by atoms with van der Waals surface area (Å²) >= 11 is 0. The van der Waals surface area contributed by atoms with E-state index in [4.69, 9.17) is 0 Å². The van der Waals surface area contributed by atoms with Crippen molar-refractivity contribution >= 4 is 10.1 Å². The largest absolute Gasteiger partial charge is 1.00 e. The minimum absolute atomic E-state index is 0. The molecule has 0 amide bonds. The van der Waals surface area contributed by atoms with Gasteiger partial charge in [0.2, 0.25) is 0 Å². The standard InChI is InChI=1S/C6H16N.C5H12O3S.CH4.ClH.Na/c1-5-6-7(2,3)4;1-5(2,3)4-9(6,7)8;;;/h5-6H2,1-4H3;4H2,1-3H3,(H,6,7,8);1H4;1H;/q+1;;;;+1/p-2. The molecule has 0 N–H and O–H groups in total. The molecule has 0 unspecified atom stereocenters. The van der Waals surface area contributed by atoms with Crippen LogP contribution in [0, 0.1) is 5.41 Å². The molecule has 116 valence electrons. The van der Waals surface area contributed by atoms with E-state index in [1.54, 1.807) is 20.8 Å². The molecule has 0 saturated heterocycles. The summed E-state index contributed by atoms with van der Waals surface area (Å²) in [4.78, 5) is 0. The van der Waals surface area contributed by atoms with E-state index in [0.717, 1.165) is 4.48 Å². The summed E-state index contributed by atoms with van der Waals surface area (Å²) < 4.78 is 31.4. The Hall–Kier alpha value is 1.16. The Morgan fingerprint density at radius 3 is 1.42 bits per heavy atom. The molecule has 0 spiro atoms. The molecule has 0 aliphatic heterocycles. The van der Waals surface area contributed by atoms with E-state index in [0.29, 0.717) is 0 Å². The van der Waals surface area contributed by atoms with Gasteiger partial charge in [0, 0.05) is 5.75 Å². The van der Waals surface area contributed by atoms with Crippen molar-refractivity contribution in [2.45, 2.75) is 41.5 Å². The van der Waals surface area contributed by atoms with Crippen molar-refractivity contribution in [3.05, 3.63) is 0 Å². The Bertz CT molecular complexity index is 282. The first-order chi connectivity index (χ1) is 6.77. The first-order valence-electron chi connectivity index (χ1n) is 5.51. The predicted octanol–water partition coefficient (Wildman–Crippen LogP) is -3.68. The second-order valence-electron chi connectivity index (χ2n) is 6.28. The summed E-state index contributed by atoms with van der Waals surface area (Å²) in [6, 6.07) is 0. The van der Waals surface area contributed by atoms with Crippen LogP contribution in [-0.4, -0.2) is 50.9 Å². The zero-order valence-corrected chi connectivity index (χ0v) is 16.7. The molecule has 0 aromatic rings. The summed E-state index contributed by atoms with van der Waals surface area (Å²) in [5, 5.41) is 0. The van der Waals surface area contributed by atoms with E-state index >= 15 is 0 Å². The Labute approximate surface area is 149 Å². The van der Waals surface area contributed by atoms with Crippen molar-refractivity contribution in [2.75, 3.05) is 33.4 Å². The van der Waals surface area contributed by atoms with Gasteiger partial charge in [-0.3, -0.25) is 0 Å². The van der Waals surface area contributed by atoms with Crippen LogP contribution in [0.5, 0.6) is 0 Å². The summed E-state index contributed by atoms with van der Waals surface area (Å²) in [6.45, 7) is 8.62. The molecule has 7 heteroatoms. The summed E-state index contributed by atoms with van der Waals surface area (Å²) in [7, 11) is 2.60. The number of halogens is 1. The molecule has 19 heavy (non-hydrogen) atoms. The van der Waals surface area contributed by atoms with E-state index in [-0.39, 0.29) is 55.1 Å². The van der Waals surface area contributed by atoms with Gasteiger partial charge < -0.3 is 21.4 Å². The molecule has 4 nitrogen and oxygen atoms in total. The predicted molar refractivity (Wildman–Crippen MR) is 73.9 cm³/mol. The molecule has 0 atom stereocenters. The van der Waals surface area contributed by atoms with Gasteiger partial charge in [-0.2, -0.15) is 0 Å². The van der Waals surface area contributed by atoms with E-state index in [1.165, 1.54) is 13.0 Å². The Balaban J connectivity index is -0.0000000607. The summed E-state index contributed by atoms with van der Waals surface area (Å²) in [5.74, 6) is -0.292. The van der Waals surface area contributed by atoms with Crippen LogP contribution in [-0.2, 0) is 10.1 Å². The molecule has 0 aliphatic carbocycles. The second-order valence-corrected chi connectivity index (χ2v) is 7.68. The molecule has 0 radical (unpaired) electrons. The third-order valence-electron chi connectivity index (χ3n) is 1.50. The quantitative estimate of drug-likeness (QED) is 0.305. The van der Waals surface area contributed by atoms with Gasteiger partial charge in [-0.1, -0.05) is 35.1 Å². The molecule has 0 aromatic heterocycles. The third-order valence-corrected chi connectivity index (χ3v) is 2.72. The van der Waals surface area contributed by atoms with Crippen LogP contribution < -0.4 is 42.0 Å². The summed E-state index contributed by atoms with van der Waals surface area (Å²) in [5.41, 5.74) is -0.416. The fraction of sp³-hybridized carbons (Fsp3) is 1.00. The van der Waals surface area contributed by atoms with Gasteiger partial charge in [-0.05, 0) is 11.8 Å². The van der Waals surface area contributed by atoms with E-state index in [9.17, 15) is 13.0 Å². The minimum Gasteiger partial charge on any atom is -1.00 e. The average molecular weight is 328 g/mol.